The predicted octanol–water partition coefficient (Wildman–Crippen LogP) is 1.15. The van der Waals surface area contributed by atoms with Crippen molar-refractivity contribution in [1.29, 1.82) is 0 Å². The minimum Gasteiger partial charge on any atom is -0.353 e. The molecule has 0 radical (unpaired) electrons. The molecule has 1 N–H and O–H groups in total. The number of carbonyl (C=O) groups excluding carboxylic acids is 3. The molecule has 7 heteroatoms. The molecular formula is C17H20ClN3O3. The SMILES string of the molecule is O=C1CN(C(=O)C2CCN(C(=O)c3ccc(Cl)cc3)CC2)CCN1. The molecule has 2 fully saturated rings. The molecule has 0 spiro atoms. The third-order valence-corrected chi connectivity index (χ3v) is 4.82. The van der Waals surface area contributed by atoms with Gasteiger partial charge in [0.15, 0.2) is 0 Å². The molecule has 1 aromatic carbocycles. The van der Waals surface area contributed by atoms with E-state index in [4.69, 9.17) is 11.6 Å². The van der Waals surface area contributed by atoms with Crippen LogP contribution >= 0.6 is 11.6 Å². The van der Waals surface area contributed by atoms with Crippen LogP contribution in [0.2, 0.25) is 5.02 Å². The fourth-order valence-electron chi connectivity index (χ4n) is 3.19. The smallest absolute Gasteiger partial charge is 0.253 e. The summed E-state index contributed by atoms with van der Waals surface area (Å²) >= 11 is 5.84. The molecule has 6 nitrogen and oxygen atoms in total. The lowest BCUT2D eigenvalue weighted by atomic mass is 9.94. The number of benzene rings is 1. The summed E-state index contributed by atoms with van der Waals surface area (Å²) < 4.78 is 0. The van der Waals surface area contributed by atoms with Crippen molar-refractivity contribution in [3.8, 4) is 0 Å². The van der Waals surface area contributed by atoms with Crippen molar-refractivity contribution in [3.63, 3.8) is 0 Å². The Morgan fingerprint density at radius 2 is 1.71 bits per heavy atom. The van der Waals surface area contributed by atoms with Gasteiger partial charge in [-0.25, -0.2) is 0 Å². The molecule has 0 aromatic heterocycles. The normalized spacial score (nSPS) is 19.1. The zero-order valence-electron chi connectivity index (χ0n) is 13.3. The fourth-order valence-corrected chi connectivity index (χ4v) is 3.32. The number of halogens is 1. The van der Waals surface area contributed by atoms with E-state index < -0.39 is 0 Å². The van der Waals surface area contributed by atoms with Crippen LogP contribution in [0.4, 0.5) is 0 Å². The fraction of sp³-hybridized carbons (Fsp3) is 0.471. The molecule has 1 aromatic rings. The lowest BCUT2D eigenvalue weighted by molar-refractivity contribution is -0.142. The van der Waals surface area contributed by atoms with E-state index in [9.17, 15) is 14.4 Å². The average Bonchev–Trinajstić information content (AvgIpc) is 2.61. The topological polar surface area (TPSA) is 69.7 Å². The van der Waals surface area contributed by atoms with Crippen LogP contribution in [-0.4, -0.2) is 60.2 Å². The van der Waals surface area contributed by atoms with E-state index in [1.165, 1.54) is 0 Å². The highest BCUT2D eigenvalue weighted by Gasteiger charge is 2.32. The molecule has 0 atom stereocenters. The maximum Gasteiger partial charge on any atom is 0.253 e. The van der Waals surface area contributed by atoms with Gasteiger partial charge < -0.3 is 15.1 Å². The van der Waals surface area contributed by atoms with Crippen LogP contribution in [0.15, 0.2) is 24.3 Å². The van der Waals surface area contributed by atoms with E-state index in [2.05, 4.69) is 5.32 Å². The molecule has 24 heavy (non-hydrogen) atoms. The van der Waals surface area contributed by atoms with Crippen LogP contribution < -0.4 is 5.32 Å². The second-order valence-electron chi connectivity index (χ2n) is 6.18. The van der Waals surface area contributed by atoms with Gasteiger partial charge in [0.05, 0.1) is 6.54 Å². The van der Waals surface area contributed by atoms with E-state index in [-0.39, 0.29) is 30.2 Å². The van der Waals surface area contributed by atoms with E-state index in [1.54, 1.807) is 34.1 Å². The molecule has 2 aliphatic heterocycles. The molecular weight excluding hydrogens is 330 g/mol. The van der Waals surface area contributed by atoms with Gasteiger partial charge in [-0.05, 0) is 37.1 Å². The summed E-state index contributed by atoms with van der Waals surface area (Å²) in [7, 11) is 0. The zero-order chi connectivity index (χ0) is 17.1. The highest BCUT2D eigenvalue weighted by molar-refractivity contribution is 6.30. The summed E-state index contributed by atoms with van der Waals surface area (Å²) in [5, 5.41) is 3.32. The Bertz CT molecular complexity index is 639. The van der Waals surface area contributed by atoms with Gasteiger partial charge in [-0.3, -0.25) is 14.4 Å². The monoisotopic (exact) mass is 349 g/mol. The summed E-state index contributed by atoms with van der Waals surface area (Å²) in [6, 6.07) is 6.83. The lowest BCUT2D eigenvalue weighted by Crippen LogP contribution is -2.53. The first-order valence-corrected chi connectivity index (χ1v) is 8.53. The molecule has 0 bridgehead atoms. The Morgan fingerprint density at radius 1 is 1.04 bits per heavy atom. The van der Waals surface area contributed by atoms with Gasteiger partial charge in [0.1, 0.15) is 0 Å². The molecule has 0 unspecified atom stereocenters. The Morgan fingerprint density at radius 3 is 2.33 bits per heavy atom. The first kappa shape index (κ1) is 16.8. The number of hydrogen-bond donors (Lipinski definition) is 1. The first-order valence-electron chi connectivity index (χ1n) is 8.15. The van der Waals surface area contributed by atoms with Crippen molar-refractivity contribution in [2.45, 2.75) is 12.8 Å². The molecule has 2 saturated heterocycles. The zero-order valence-corrected chi connectivity index (χ0v) is 14.1. The molecule has 3 amide bonds. The minimum atomic E-state index is -0.107. The summed E-state index contributed by atoms with van der Waals surface area (Å²) in [6.07, 6.45) is 1.27. The average molecular weight is 350 g/mol. The van der Waals surface area contributed by atoms with Crippen LogP contribution in [0, 0.1) is 5.92 Å². The van der Waals surface area contributed by atoms with Crippen molar-refractivity contribution >= 4 is 29.3 Å². The van der Waals surface area contributed by atoms with E-state index in [0.717, 1.165) is 0 Å². The van der Waals surface area contributed by atoms with Gasteiger partial charge in [0.2, 0.25) is 11.8 Å². The highest BCUT2D eigenvalue weighted by Crippen LogP contribution is 2.22. The van der Waals surface area contributed by atoms with Crippen molar-refractivity contribution in [3.05, 3.63) is 34.9 Å². The number of carbonyl (C=O) groups is 3. The number of piperazine rings is 1. The Hall–Kier alpha value is -2.08. The largest absolute Gasteiger partial charge is 0.353 e. The molecule has 0 saturated carbocycles. The standard InChI is InChI=1S/C17H20ClN3O3/c18-14-3-1-12(2-4-14)16(23)20-8-5-13(6-9-20)17(24)21-10-7-19-15(22)11-21/h1-4,13H,5-11H2,(H,19,22). The summed E-state index contributed by atoms with van der Waals surface area (Å²) in [5.74, 6) is -0.214. The number of rotatable bonds is 2. The number of nitrogens with zero attached hydrogens (tertiary/aromatic N) is 2. The van der Waals surface area contributed by atoms with E-state index in [1.807, 2.05) is 0 Å². The third-order valence-electron chi connectivity index (χ3n) is 4.57. The van der Waals surface area contributed by atoms with Crippen LogP contribution in [0.25, 0.3) is 0 Å². The van der Waals surface area contributed by atoms with Crippen LogP contribution in [0.3, 0.4) is 0 Å². The van der Waals surface area contributed by atoms with E-state index >= 15 is 0 Å². The van der Waals surface area contributed by atoms with Gasteiger partial charge in [0.25, 0.3) is 5.91 Å². The van der Waals surface area contributed by atoms with Crippen molar-refractivity contribution in [2.75, 3.05) is 32.7 Å². The quantitative estimate of drug-likeness (QED) is 0.870. The number of nitrogens with one attached hydrogen (secondary N) is 1. The highest BCUT2D eigenvalue weighted by atomic mass is 35.5. The summed E-state index contributed by atoms with van der Waals surface area (Å²) in [5.41, 5.74) is 0.608. The Labute approximate surface area is 145 Å². The van der Waals surface area contributed by atoms with Crippen molar-refractivity contribution in [1.82, 2.24) is 15.1 Å². The number of piperidine rings is 1. The third kappa shape index (κ3) is 3.70. The Balaban J connectivity index is 1.55. The number of likely N-dealkylation sites (tertiary alicyclic amines) is 1. The van der Waals surface area contributed by atoms with Gasteiger partial charge >= 0.3 is 0 Å². The molecule has 2 aliphatic rings. The van der Waals surface area contributed by atoms with Gasteiger partial charge in [-0.2, -0.15) is 0 Å². The molecule has 0 aliphatic carbocycles. The first-order chi connectivity index (χ1) is 11.5. The van der Waals surface area contributed by atoms with Crippen LogP contribution in [-0.2, 0) is 9.59 Å². The van der Waals surface area contributed by atoms with Crippen molar-refractivity contribution in [2.24, 2.45) is 5.92 Å². The van der Waals surface area contributed by atoms with Gasteiger partial charge in [0, 0.05) is 42.7 Å². The van der Waals surface area contributed by atoms with Gasteiger partial charge in [-0.1, -0.05) is 11.6 Å². The molecule has 3 rings (SSSR count). The van der Waals surface area contributed by atoms with Crippen LogP contribution in [0.5, 0.6) is 0 Å². The van der Waals surface area contributed by atoms with Crippen LogP contribution in [0.1, 0.15) is 23.2 Å². The second kappa shape index (κ2) is 7.21. The molecule has 128 valence electrons. The maximum absolute atomic E-state index is 12.5. The predicted molar refractivity (Wildman–Crippen MR) is 89.7 cm³/mol. The molecule has 2 heterocycles. The Kier molecular flexibility index (Phi) is 5.04. The second-order valence-corrected chi connectivity index (χ2v) is 6.62. The minimum absolute atomic E-state index is 0.0310. The maximum atomic E-state index is 12.5. The van der Waals surface area contributed by atoms with Crippen molar-refractivity contribution < 1.29 is 14.4 Å². The summed E-state index contributed by atoms with van der Waals surface area (Å²) in [6.45, 7) is 2.32. The van der Waals surface area contributed by atoms with E-state index in [0.29, 0.717) is 49.6 Å². The number of hydrogen-bond acceptors (Lipinski definition) is 3. The lowest BCUT2D eigenvalue weighted by Gasteiger charge is -2.35. The number of amides is 3. The van der Waals surface area contributed by atoms with Gasteiger partial charge in [-0.15, -0.1) is 0 Å². The summed E-state index contributed by atoms with van der Waals surface area (Å²) in [4.78, 5) is 39.8.